The summed E-state index contributed by atoms with van der Waals surface area (Å²) < 4.78 is 2.05. The van der Waals surface area contributed by atoms with Gasteiger partial charge in [0.05, 0.1) is 18.8 Å². The molecule has 0 aromatic carbocycles. The van der Waals surface area contributed by atoms with Crippen LogP contribution in [0, 0.1) is 5.92 Å². The van der Waals surface area contributed by atoms with E-state index in [9.17, 15) is 9.90 Å². The summed E-state index contributed by atoms with van der Waals surface area (Å²) in [5.74, 6) is 0.599. The van der Waals surface area contributed by atoms with Crippen LogP contribution in [-0.4, -0.2) is 55.1 Å². The minimum Gasteiger partial charge on any atom is -0.386 e. The van der Waals surface area contributed by atoms with E-state index in [2.05, 4.69) is 14.8 Å². The van der Waals surface area contributed by atoms with Crippen molar-refractivity contribution in [2.75, 3.05) is 18.8 Å². The SMILES string of the molecule is CC(C)C1(O)CN(C(=O)CSc2nncn2C2CC2)C1. The van der Waals surface area contributed by atoms with Crippen molar-refractivity contribution in [2.24, 2.45) is 5.92 Å². The Morgan fingerprint density at radius 1 is 1.55 bits per heavy atom. The summed E-state index contributed by atoms with van der Waals surface area (Å²) in [7, 11) is 0. The largest absolute Gasteiger partial charge is 0.386 e. The fourth-order valence-electron chi connectivity index (χ4n) is 2.31. The number of aromatic nitrogens is 3. The third kappa shape index (κ3) is 2.56. The number of nitrogens with zero attached hydrogens (tertiary/aromatic N) is 4. The number of carbonyl (C=O) groups is 1. The van der Waals surface area contributed by atoms with Crippen molar-refractivity contribution in [1.82, 2.24) is 19.7 Å². The molecular weight excluding hydrogens is 276 g/mol. The predicted molar refractivity (Wildman–Crippen MR) is 75.4 cm³/mol. The maximum atomic E-state index is 12.1. The third-order valence-corrected chi connectivity index (χ3v) is 5.10. The van der Waals surface area contributed by atoms with E-state index in [-0.39, 0.29) is 11.8 Å². The van der Waals surface area contributed by atoms with Crippen LogP contribution < -0.4 is 0 Å². The molecule has 3 rings (SSSR count). The monoisotopic (exact) mass is 296 g/mol. The first-order valence-corrected chi connectivity index (χ1v) is 8.00. The zero-order chi connectivity index (χ0) is 14.3. The predicted octanol–water partition coefficient (Wildman–Crippen LogP) is 0.934. The minimum absolute atomic E-state index is 0.0608. The van der Waals surface area contributed by atoms with E-state index in [1.54, 1.807) is 11.2 Å². The first-order chi connectivity index (χ1) is 9.49. The van der Waals surface area contributed by atoms with Gasteiger partial charge in [0.15, 0.2) is 5.16 Å². The molecule has 0 atom stereocenters. The molecule has 110 valence electrons. The number of β-amino-alcohol motifs (C(OH)–C–C–N with tert-alkyl or cyclic N) is 1. The van der Waals surface area contributed by atoms with Gasteiger partial charge in [-0.05, 0) is 18.8 Å². The fourth-order valence-corrected chi connectivity index (χ4v) is 3.20. The molecule has 2 fully saturated rings. The second-order valence-electron chi connectivity index (χ2n) is 6.05. The van der Waals surface area contributed by atoms with Gasteiger partial charge >= 0.3 is 0 Å². The van der Waals surface area contributed by atoms with Crippen LogP contribution in [0.4, 0.5) is 0 Å². The van der Waals surface area contributed by atoms with E-state index in [4.69, 9.17) is 0 Å². The highest BCUT2D eigenvalue weighted by atomic mass is 32.2. The zero-order valence-corrected chi connectivity index (χ0v) is 12.6. The van der Waals surface area contributed by atoms with Crippen LogP contribution in [0.3, 0.4) is 0 Å². The Morgan fingerprint density at radius 3 is 2.85 bits per heavy atom. The molecule has 0 bridgehead atoms. The van der Waals surface area contributed by atoms with E-state index < -0.39 is 5.60 Å². The Morgan fingerprint density at radius 2 is 2.25 bits per heavy atom. The van der Waals surface area contributed by atoms with Gasteiger partial charge in [0, 0.05) is 6.04 Å². The van der Waals surface area contributed by atoms with Crippen molar-refractivity contribution in [3.63, 3.8) is 0 Å². The van der Waals surface area contributed by atoms with Crippen molar-refractivity contribution >= 4 is 17.7 Å². The highest BCUT2D eigenvalue weighted by Gasteiger charge is 2.45. The standard InChI is InChI=1S/C13H20N4O2S/c1-9(2)13(19)6-16(7-13)11(18)5-20-12-15-14-8-17(12)10-3-4-10/h8-10,19H,3-7H2,1-2H3. The normalized spacial score (nSPS) is 21.1. The molecular formula is C13H20N4O2S. The summed E-state index contributed by atoms with van der Waals surface area (Å²) in [6.45, 7) is 4.85. The summed E-state index contributed by atoms with van der Waals surface area (Å²) in [5.41, 5.74) is -0.700. The smallest absolute Gasteiger partial charge is 0.233 e. The number of rotatable bonds is 5. The first kappa shape index (κ1) is 13.9. The number of hydrogen-bond acceptors (Lipinski definition) is 5. The molecule has 0 radical (unpaired) electrons. The molecule has 0 unspecified atom stereocenters. The topological polar surface area (TPSA) is 71.2 Å². The second kappa shape index (κ2) is 5.04. The highest BCUT2D eigenvalue weighted by Crippen LogP contribution is 2.37. The number of amides is 1. The van der Waals surface area contributed by atoms with Crippen LogP contribution in [-0.2, 0) is 4.79 Å². The summed E-state index contributed by atoms with van der Waals surface area (Å²) >= 11 is 1.43. The number of likely N-dealkylation sites (tertiary alicyclic amines) is 1. The maximum absolute atomic E-state index is 12.1. The Bertz CT molecular complexity index is 506. The lowest BCUT2D eigenvalue weighted by molar-refractivity contribution is -0.161. The van der Waals surface area contributed by atoms with Crippen LogP contribution in [0.25, 0.3) is 0 Å². The lowest BCUT2D eigenvalue weighted by Gasteiger charge is -2.49. The van der Waals surface area contributed by atoms with Crippen LogP contribution in [0.15, 0.2) is 11.5 Å². The number of hydrogen-bond donors (Lipinski definition) is 1. The van der Waals surface area contributed by atoms with E-state index in [1.165, 1.54) is 24.6 Å². The van der Waals surface area contributed by atoms with Gasteiger partial charge in [-0.2, -0.15) is 0 Å². The summed E-state index contributed by atoms with van der Waals surface area (Å²) in [6.07, 6.45) is 4.09. The molecule has 1 aliphatic heterocycles. The first-order valence-electron chi connectivity index (χ1n) is 7.02. The summed E-state index contributed by atoms with van der Waals surface area (Å²) in [6, 6.07) is 0.526. The lowest BCUT2D eigenvalue weighted by Crippen LogP contribution is -2.66. The van der Waals surface area contributed by atoms with Crippen molar-refractivity contribution < 1.29 is 9.90 Å². The van der Waals surface area contributed by atoms with Crippen LogP contribution in [0.2, 0.25) is 0 Å². The van der Waals surface area contributed by atoms with E-state index >= 15 is 0 Å². The molecule has 1 aromatic heterocycles. The van der Waals surface area contributed by atoms with Crippen LogP contribution in [0.5, 0.6) is 0 Å². The molecule has 1 N–H and O–H groups in total. The van der Waals surface area contributed by atoms with Crippen molar-refractivity contribution in [3.05, 3.63) is 6.33 Å². The van der Waals surface area contributed by atoms with Gasteiger partial charge in [-0.15, -0.1) is 10.2 Å². The Balaban J connectivity index is 1.50. The molecule has 1 saturated heterocycles. The van der Waals surface area contributed by atoms with E-state index in [0.717, 1.165) is 5.16 Å². The Labute approximate surface area is 122 Å². The molecule has 1 aliphatic carbocycles. The molecule has 0 spiro atoms. The Kier molecular flexibility index (Phi) is 3.50. The molecule has 6 nitrogen and oxygen atoms in total. The molecule has 1 saturated carbocycles. The average molecular weight is 296 g/mol. The highest BCUT2D eigenvalue weighted by molar-refractivity contribution is 7.99. The average Bonchev–Trinajstić information content (AvgIpc) is 3.11. The van der Waals surface area contributed by atoms with E-state index in [1.807, 2.05) is 13.8 Å². The van der Waals surface area contributed by atoms with Crippen molar-refractivity contribution in [3.8, 4) is 0 Å². The van der Waals surface area contributed by atoms with Gasteiger partial charge in [0.1, 0.15) is 11.9 Å². The molecule has 1 aromatic rings. The van der Waals surface area contributed by atoms with Crippen LogP contribution >= 0.6 is 11.8 Å². The minimum atomic E-state index is -0.700. The number of carbonyl (C=O) groups excluding carboxylic acids is 1. The van der Waals surface area contributed by atoms with Gasteiger partial charge in [0.25, 0.3) is 0 Å². The molecule has 20 heavy (non-hydrogen) atoms. The third-order valence-electron chi connectivity index (χ3n) is 4.16. The molecule has 1 amide bonds. The Hall–Kier alpha value is -1.08. The van der Waals surface area contributed by atoms with Gasteiger partial charge in [-0.3, -0.25) is 4.79 Å². The summed E-state index contributed by atoms with van der Waals surface area (Å²) in [5, 5.41) is 19.0. The van der Waals surface area contributed by atoms with Crippen LogP contribution in [0.1, 0.15) is 32.7 Å². The van der Waals surface area contributed by atoms with Crippen molar-refractivity contribution in [2.45, 2.75) is 43.5 Å². The molecule has 2 aliphatic rings. The maximum Gasteiger partial charge on any atom is 0.233 e. The second-order valence-corrected chi connectivity index (χ2v) is 6.99. The van der Waals surface area contributed by atoms with Gasteiger partial charge in [-0.25, -0.2) is 0 Å². The molecule has 7 heteroatoms. The van der Waals surface area contributed by atoms with Gasteiger partial charge in [0.2, 0.25) is 5.91 Å². The van der Waals surface area contributed by atoms with Gasteiger partial charge < -0.3 is 14.6 Å². The number of aliphatic hydroxyl groups is 1. The number of thioether (sulfide) groups is 1. The van der Waals surface area contributed by atoms with E-state index in [0.29, 0.717) is 24.9 Å². The van der Waals surface area contributed by atoms with Crippen molar-refractivity contribution in [1.29, 1.82) is 0 Å². The zero-order valence-electron chi connectivity index (χ0n) is 11.8. The lowest BCUT2D eigenvalue weighted by atomic mass is 9.83. The molecule has 2 heterocycles. The van der Waals surface area contributed by atoms with Gasteiger partial charge in [-0.1, -0.05) is 25.6 Å². The quantitative estimate of drug-likeness (QED) is 0.819. The fraction of sp³-hybridized carbons (Fsp3) is 0.769. The summed E-state index contributed by atoms with van der Waals surface area (Å²) in [4.78, 5) is 13.8.